The zero-order valence-electron chi connectivity index (χ0n) is 12.4. The normalized spacial score (nSPS) is 14.7. The predicted molar refractivity (Wildman–Crippen MR) is 79.9 cm³/mol. The number of carbonyl (C=O) groups is 2. The monoisotopic (exact) mass is 303 g/mol. The molecule has 0 unspecified atom stereocenters. The number of nitrogens with zero attached hydrogens (tertiary/aromatic N) is 1. The number of fused-ring (bicyclic) bond motifs is 1. The van der Waals surface area contributed by atoms with E-state index in [0.717, 1.165) is 10.9 Å². The minimum Gasteiger partial charge on any atom is -0.497 e. The standard InChI is InChI=1S/C15H17N3O4/c1-8-11-4-3-10(21-2)5-12(11)22-13(8)14(19)17-9-6-18(7-9)15(16)20/h3-5,9H,6-7H2,1-2H3,(H2,16,20)(H,17,19). The highest BCUT2D eigenvalue weighted by atomic mass is 16.5. The van der Waals surface area contributed by atoms with Gasteiger partial charge in [0.2, 0.25) is 0 Å². The third-order valence-electron chi connectivity index (χ3n) is 3.88. The van der Waals surface area contributed by atoms with Gasteiger partial charge in [-0.15, -0.1) is 0 Å². The molecule has 116 valence electrons. The Labute approximate surface area is 127 Å². The second-order valence-corrected chi connectivity index (χ2v) is 5.33. The molecule has 1 fully saturated rings. The first-order valence-corrected chi connectivity index (χ1v) is 6.92. The molecule has 0 radical (unpaired) electrons. The van der Waals surface area contributed by atoms with E-state index in [1.54, 1.807) is 13.2 Å². The fraction of sp³-hybridized carbons (Fsp3) is 0.333. The average Bonchev–Trinajstić information content (AvgIpc) is 2.78. The number of furan rings is 1. The molecule has 2 aromatic rings. The summed E-state index contributed by atoms with van der Waals surface area (Å²) >= 11 is 0. The lowest BCUT2D eigenvalue weighted by Crippen LogP contribution is -2.62. The number of ether oxygens (including phenoxy) is 1. The van der Waals surface area contributed by atoms with Gasteiger partial charge >= 0.3 is 6.03 Å². The maximum absolute atomic E-state index is 12.3. The number of benzene rings is 1. The molecular weight excluding hydrogens is 286 g/mol. The van der Waals surface area contributed by atoms with Crippen LogP contribution in [0, 0.1) is 6.92 Å². The summed E-state index contributed by atoms with van der Waals surface area (Å²) in [5.41, 5.74) is 6.53. The van der Waals surface area contributed by atoms with Gasteiger partial charge in [0.15, 0.2) is 5.76 Å². The van der Waals surface area contributed by atoms with Crippen molar-refractivity contribution in [3.8, 4) is 5.75 Å². The van der Waals surface area contributed by atoms with Crippen LogP contribution >= 0.6 is 0 Å². The van der Waals surface area contributed by atoms with Crippen LogP contribution in [0.3, 0.4) is 0 Å². The molecule has 1 saturated heterocycles. The first-order chi connectivity index (χ1) is 10.5. The lowest BCUT2D eigenvalue weighted by molar-refractivity contribution is 0.0835. The van der Waals surface area contributed by atoms with Crippen molar-refractivity contribution < 1.29 is 18.7 Å². The highest BCUT2D eigenvalue weighted by Crippen LogP contribution is 2.28. The van der Waals surface area contributed by atoms with Crippen molar-refractivity contribution in [3.63, 3.8) is 0 Å². The molecule has 7 heteroatoms. The third kappa shape index (κ3) is 2.34. The van der Waals surface area contributed by atoms with E-state index >= 15 is 0 Å². The molecule has 3 amide bonds. The van der Waals surface area contributed by atoms with Crippen LogP contribution in [-0.2, 0) is 0 Å². The quantitative estimate of drug-likeness (QED) is 0.891. The summed E-state index contributed by atoms with van der Waals surface area (Å²) in [6, 6.07) is 4.86. The number of likely N-dealkylation sites (tertiary alicyclic amines) is 1. The molecule has 3 rings (SSSR count). The minimum atomic E-state index is -0.475. The molecule has 0 bridgehead atoms. The number of nitrogens with one attached hydrogen (secondary N) is 1. The number of primary amides is 1. The van der Waals surface area contributed by atoms with Crippen molar-refractivity contribution in [2.24, 2.45) is 5.73 Å². The lowest BCUT2D eigenvalue weighted by Gasteiger charge is -2.38. The van der Waals surface area contributed by atoms with Gasteiger partial charge in [0.1, 0.15) is 11.3 Å². The van der Waals surface area contributed by atoms with Crippen LogP contribution in [0.1, 0.15) is 16.1 Å². The van der Waals surface area contributed by atoms with Gasteiger partial charge in [-0.3, -0.25) is 4.79 Å². The molecule has 0 aliphatic carbocycles. The van der Waals surface area contributed by atoms with Crippen molar-refractivity contribution in [3.05, 3.63) is 29.5 Å². The van der Waals surface area contributed by atoms with Crippen molar-refractivity contribution in [2.45, 2.75) is 13.0 Å². The molecule has 0 atom stereocenters. The Hall–Kier alpha value is -2.70. The Kier molecular flexibility index (Phi) is 3.40. The molecule has 1 aromatic heterocycles. The SMILES string of the molecule is COc1ccc2c(C)c(C(=O)NC3CN(C(N)=O)C3)oc2c1. The van der Waals surface area contributed by atoms with Gasteiger partial charge in [-0.2, -0.15) is 0 Å². The number of aryl methyl sites for hydroxylation is 1. The Morgan fingerprint density at radius 3 is 2.77 bits per heavy atom. The third-order valence-corrected chi connectivity index (χ3v) is 3.88. The van der Waals surface area contributed by atoms with Crippen LogP contribution in [-0.4, -0.2) is 43.1 Å². The van der Waals surface area contributed by atoms with Crippen LogP contribution in [0.4, 0.5) is 4.79 Å². The molecule has 22 heavy (non-hydrogen) atoms. The van der Waals surface area contributed by atoms with E-state index < -0.39 is 6.03 Å². The fourth-order valence-corrected chi connectivity index (χ4v) is 2.55. The Morgan fingerprint density at radius 2 is 2.14 bits per heavy atom. The molecule has 0 saturated carbocycles. The highest BCUT2D eigenvalue weighted by Gasteiger charge is 2.31. The predicted octanol–water partition coefficient (Wildman–Crippen LogP) is 1.24. The number of rotatable bonds is 3. The van der Waals surface area contributed by atoms with E-state index in [2.05, 4.69) is 5.32 Å². The smallest absolute Gasteiger partial charge is 0.314 e. The maximum atomic E-state index is 12.3. The van der Waals surface area contributed by atoms with E-state index in [-0.39, 0.29) is 17.7 Å². The van der Waals surface area contributed by atoms with Gasteiger partial charge in [0, 0.05) is 30.1 Å². The van der Waals surface area contributed by atoms with E-state index in [4.69, 9.17) is 14.9 Å². The summed E-state index contributed by atoms with van der Waals surface area (Å²) in [6.45, 7) is 2.69. The molecule has 7 nitrogen and oxygen atoms in total. The van der Waals surface area contributed by atoms with Gasteiger partial charge in [0.05, 0.1) is 13.2 Å². The fourth-order valence-electron chi connectivity index (χ4n) is 2.55. The summed E-state index contributed by atoms with van der Waals surface area (Å²) in [5.74, 6) is 0.659. The summed E-state index contributed by atoms with van der Waals surface area (Å²) in [6.07, 6.45) is 0. The van der Waals surface area contributed by atoms with Crippen LogP contribution in [0.2, 0.25) is 0 Å². The molecule has 2 heterocycles. The molecule has 0 spiro atoms. The Morgan fingerprint density at radius 1 is 1.41 bits per heavy atom. The van der Waals surface area contributed by atoms with Crippen LogP contribution in [0.25, 0.3) is 11.0 Å². The molecule has 1 aliphatic heterocycles. The molecule has 1 aromatic carbocycles. The number of methoxy groups -OCH3 is 1. The molecular formula is C15H17N3O4. The van der Waals surface area contributed by atoms with Gasteiger partial charge < -0.3 is 25.1 Å². The van der Waals surface area contributed by atoms with Crippen molar-refractivity contribution in [1.29, 1.82) is 0 Å². The average molecular weight is 303 g/mol. The van der Waals surface area contributed by atoms with Crippen molar-refractivity contribution in [2.75, 3.05) is 20.2 Å². The zero-order valence-corrected chi connectivity index (χ0v) is 12.4. The van der Waals surface area contributed by atoms with Gasteiger partial charge in [-0.25, -0.2) is 4.79 Å². The second kappa shape index (κ2) is 5.25. The number of hydrogen-bond acceptors (Lipinski definition) is 4. The van der Waals surface area contributed by atoms with Crippen LogP contribution < -0.4 is 15.8 Å². The first kappa shape index (κ1) is 14.2. The first-order valence-electron chi connectivity index (χ1n) is 6.92. The number of hydrogen-bond donors (Lipinski definition) is 2. The van der Waals surface area contributed by atoms with E-state index in [0.29, 0.717) is 24.4 Å². The van der Waals surface area contributed by atoms with Gasteiger partial charge in [-0.1, -0.05) is 0 Å². The topological polar surface area (TPSA) is 97.8 Å². The van der Waals surface area contributed by atoms with Crippen LogP contribution in [0.5, 0.6) is 5.75 Å². The molecule has 1 aliphatic rings. The summed E-state index contributed by atoms with van der Waals surface area (Å²) in [4.78, 5) is 24.7. The summed E-state index contributed by atoms with van der Waals surface area (Å²) < 4.78 is 10.8. The largest absolute Gasteiger partial charge is 0.497 e. The summed E-state index contributed by atoms with van der Waals surface area (Å²) in [7, 11) is 1.58. The molecule has 3 N–H and O–H groups in total. The maximum Gasteiger partial charge on any atom is 0.314 e. The van der Waals surface area contributed by atoms with E-state index in [1.165, 1.54) is 4.90 Å². The van der Waals surface area contributed by atoms with Crippen molar-refractivity contribution >= 4 is 22.9 Å². The number of carbonyl (C=O) groups excluding carboxylic acids is 2. The second-order valence-electron chi connectivity index (χ2n) is 5.33. The van der Waals surface area contributed by atoms with Crippen LogP contribution in [0.15, 0.2) is 22.6 Å². The van der Waals surface area contributed by atoms with E-state index in [1.807, 2.05) is 19.1 Å². The number of urea groups is 1. The van der Waals surface area contributed by atoms with E-state index in [9.17, 15) is 9.59 Å². The number of nitrogens with two attached hydrogens (primary N) is 1. The summed E-state index contributed by atoms with van der Waals surface area (Å²) in [5, 5.41) is 3.71. The van der Waals surface area contributed by atoms with Gasteiger partial charge in [0.25, 0.3) is 5.91 Å². The van der Waals surface area contributed by atoms with Gasteiger partial charge in [-0.05, 0) is 19.1 Å². The van der Waals surface area contributed by atoms with Crippen molar-refractivity contribution in [1.82, 2.24) is 10.2 Å². The highest BCUT2D eigenvalue weighted by molar-refractivity contribution is 5.99. The minimum absolute atomic E-state index is 0.0952. The zero-order chi connectivity index (χ0) is 15.9. The number of amides is 3. The Bertz CT molecular complexity index is 747. The lowest BCUT2D eigenvalue weighted by atomic mass is 10.1. The Balaban J connectivity index is 1.77.